The summed E-state index contributed by atoms with van der Waals surface area (Å²) in [4.78, 5) is 1.87. The van der Waals surface area contributed by atoms with Crippen LogP contribution < -0.4 is 4.90 Å². The summed E-state index contributed by atoms with van der Waals surface area (Å²) in [6.07, 6.45) is 0. The minimum Gasteiger partial charge on any atom is -0.339 e. The Labute approximate surface area is 106 Å². The summed E-state index contributed by atoms with van der Waals surface area (Å²) in [5.74, 6) is -0.247. The van der Waals surface area contributed by atoms with Gasteiger partial charge in [-0.3, -0.25) is 0 Å². The Bertz CT molecular complexity index is 570. The molecule has 0 atom stereocenters. The summed E-state index contributed by atoms with van der Waals surface area (Å²) in [5, 5.41) is 8.76. The van der Waals surface area contributed by atoms with Gasteiger partial charge in [-0.15, -0.1) is 0 Å². The second-order valence-electron chi connectivity index (χ2n) is 3.85. The third-order valence-electron chi connectivity index (χ3n) is 2.77. The van der Waals surface area contributed by atoms with Crippen LogP contribution in [0.25, 0.3) is 0 Å². The van der Waals surface area contributed by atoms with Gasteiger partial charge in [0.1, 0.15) is 5.82 Å². The summed E-state index contributed by atoms with van der Waals surface area (Å²) in [5.41, 5.74) is 2.02. The first-order chi connectivity index (χ1) is 8.76. The largest absolute Gasteiger partial charge is 0.339 e. The zero-order chi connectivity index (χ0) is 13.0. The maximum atomic E-state index is 13.8. The summed E-state index contributed by atoms with van der Waals surface area (Å²) < 4.78 is 13.8. The molecule has 2 nitrogen and oxygen atoms in total. The van der Waals surface area contributed by atoms with Gasteiger partial charge >= 0.3 is 0 Å². The number of anilines is 2. The molecule has 0 radical (unpaired) electrons. The Morgan fingerprint density at radius 3 is 2.33 bits per heavy atom. The number of nitrogens with zero attached hydrogens (tertiary/aromatic N) is 2. The lowest BCUT2D eigenvalue weighted by Crippen LogP contribution is -2.17. The van der Waals surface area contributed by atoms with Gasteiger partial charge < -0.3 is 4.90 Å². The van der Waals surface area contributed by atoms with Crippen molar-refractivity contribution in [2.45, 2.75) is 6.92 Å². The molecule has 0 aliphatic carbocycles. The van der Waals surface area contributed by atoms with Crippen molar-refractivity contribution in [3.8, 4) is 6.07 Å². The van der Waals surface area contributed by atoms with E-state index >= 15 is 0 Å². The Hall–Kier alpha value is -2.34. The van der Waals surface area contributed by atoms with Crippen molar-refractivity contribution in [1.29, 1.82) is 5.26 Å². The van der Waals surface area contributed by atoms with Gasteiger partial charge in [-0.1, -0.05) is 12.1 Å². The number of para-hydroxylation sites is 1. The zero-order valence-electron chi connectivity index (χ0n) is 10.1. The highest BCUT2D eigenvalue weighted by Gasteiger charge is 2.11. The molecule has 0 saturated heterocycles. The maximum absolute atomic E-state index is 13.8. The molecule has 0 unspecified atom stereocenters. The molecule has 90 valence electrons. The number of hydrogen-bond donors (Lipinski definition) is 0. The van der Waals surface area contributed by atoms with Gasteiger partial charge in [-0.2, -0.15) is 5.26 Å². The van der Waals surface area contributed by atoms with E-state index in [0.717, 1.165) is 5.69 Å². The molecule has 2 aromatic carbocycles. The van der Waals surface area contributed by atoms with Gasteiger partial charge in [-0.05, 0) is 43.3 Å². The predicted octanol–water partition coefficient (Wildman–Crippen LogP) is 3.86. The molecule has 0 N–H and O–H groups in total. The molecular weight excluding hydrogens is 227 g/mol. The average molecular weight is 240 g/mol. The first kappa shape index (κ1) is 12.1. The van der Waals surface area contributed by atoms with Gasteiger partial charge in [-0.25, -0.2) is 4.39 Å². The Morgan fingerprint density at radius 2 is 1.78 bits per heavy atom. The fourth-order valence-electron chi connectivity index (χ4n) is 1.88. The fraction of sp³-hybridized carbons (Fsp3) is 0.133. The van der Waals surface area contributed by atoms with E-state index in [2.05, 4.69) is 6.07 Å². The third-order valence-corrected chi connectivity index (χ3v) is 2.77. The highest BCUT2D eigenvalue weighted by atomic mass is 19.1. The van der Waals surface area contributed by atoms with E-state index in [4.69, 9.17) is 5.26 Å². The monoisotopic (exact) mass is 240 g/mol. The van der Waals surface area contributed by atoms with Crippen molar-refractivity contribution in [3.05, 3.63) is 59.9 Å². The molecule has 18 heavy (non-hydrogen) atoms. The molecule has 0 bridgehead atoms. The first-order valence-electron chi connectivity index (χ1n) is 5.78. The van der Waals surface area contributed by atoms with Crippen LogP contribution in [0.3, 0.4) is 0 Å². The molecule has 0 aliphatic heterocycles. The number of hydrogen-bond acceptors (Lipinski definition) is 2. The molecule has 0 amide bonds. The summed E-state index contributed by atoms with van der Waals surface area (Å²) in [6.45, 7) is 2.62. The summed E-state index contributed by atoms with van der Waals surface area (Å²) in [6, 6.07) is 15.9. The Morgan fingerprint density at radius 1 is 1.11 bits per heavy atom. The van der Waals surface area contributed by atoms with Crippen LogP contribution in [0.15, 0.2) is 48.5 Å². The minimum absolute atomic E-state index is 0.247. The van der Waals surface area contributed by atoms with Crippen LogP contribution in [0.5, 0.6) is 0 Å². The third kappa shape index (κ3) is 2.33. The molecule has 0 aliphatic rings. The number of rotatable bonds is 3. The van der Waals surface area contributed by atoms with Crippen LogP contribution in [0, 0.1) is 17.1 Å². The molecule has 0 aromatic heterocycles. The molecule has 0 saturated carbocycles. The van der Waals surface area contributed by atoms with E-state index in [-0.39, 0.29) is 5.82 Å². The maximum Gasteiger partial charge on any atom is 0.146 e. The number of halogens is 1. The smallest absolute Gasteiger partial charge is 0.146 e. The summed E-state index contributed by atoms with van der Waals surface area (Å²) >= 11 is 0. The van der Waals surface area contributed by atoms with E-state index in [9.17, 15) is 4.39 Å². The van der Waals surface area contributed by atoms with Crippen molar-refractivity contribution in [3.63, 3.8) is 0 Å². The van der Waals surface area contributed by atoms with Crippen molar-refractivity contribution in [1.82, 2.24) is 0 Å². The second kappa shape index (κ2) is 5.33. The van der Waals surface area contributed by atoms with Crippen molar-refractivity contribution in [2.75, 3.05) is 11.4 Å². The first-order valence-corrected chi connectivity index (χ1v) is 5.78. The zero-order valence-corrected chi connectivity index (χ0v) is 10.1. The Balaban J connectivity index is 2.40. The van der Waals surface area contributed by atoms with Crippen LogP contribution in [0.4, 0.5) is 15.8 Å². The van der Waals surface area contributed by atoms with Crippen LogP contribution in [-0.2, 0) is 0 Å². The van der Waals surface area contributed by atoms with E-state index in [1.54, 1.807) is 24.3 Å². The van der Waals surface area contributed by atoms with Gasteiger partial charge in [0.05, 0.1) is 17.3 Å². The van der Waals surface area contributed by atoms with Gasteiger partial charge in [0.15, 0.2) is 0 Å². The predicted molar refractivity (Wildman–Crippen MR) is 70.2 cm³/mol. The molecular formula is C15H13FN2. The van der Waals surface area contributed by atoms with Gasteiger partial charge in [0, 0.05) is 12.2 Å². The van der Waals surface area contributed by atoms with Crippen molar-refractivity contribution >= 4 is 11.4 Å². The van der Waals surface area contributed by atoms with Crippen LogP contribution in [0.2, 0.25) is 0 Å². The average Bonchev–Trinajstić information content (AvgIpc) is 2.42. The Kier molecular flexibility index (Phi) is 3.59. The highest BCUT2D eigenvalue weighted by molar-refractivity contribution is 5.64. The normalized spacial score (nSPS) is 9.83. The van der Waals surface area contributed by atoms with Crippen LogP contribution in [-0.4, -0.2) is 6.54 Å². The van der Waals surface area contributed by atoms with Gasteiger partial charge in [0.25, 0.3) is 0 Å². The highest BCUT2D eigenvalue weighted by Crippen LogP contribution is 2.27. The minimum atomic E-state index is -0.247. The van der Waals surface area contributed by atoms with E-state index < -0.39 is 0 Å². The van der Waals surface area contributed by atoms with Crippen molar-refractivity contribution in [2.24, 2.45) is 0 Å². The molecule has 0 heterocycles. The summed E-state index contributed by atoms with van der Waals surface area (Å²) in [7, 11) is 0. The number of benzene rings is 2. The van der Waals surface area contributed by atoms with E-state index in [1.807, 2.05) is 30.0 Å². The van der Waals surface area contributed by atoms with Gasteiger partial charge in [0.2, 0.25) is 0 Å². The fourth-order valence-corrected chi connectivity index (χ4v) is 1.88. The molecule has 0 spiro atoms. The molecule has 2 rings (SSSR count). The van der Waals surface area contributed by atoms with E-state index in [1.165, 1.54) is 6.07 Å². The van der Waals surface area contributed by atoms with Crippen molar-refractivity contribution < 1.29 is 4.39 Å². The molecule has 0 fully saturated rings. The topological polar surface area (TPSA) is 27.0 Å². The lowest BCUT2D eigenvalue weighted by Gasteiger charge is -2.23. The molecule has 2 aromatic rings. The SMILES string of the molecule is CCN(c1ccc(C#N)cc1)c1ccccc1F. The lowest BCUT2D eigenvalue weighted by atomic mass is 10.2. The lowest BCUT2D eigenvalue weighted by molar-refractivity contribution is 0.625. The number of nitriles is 1. The quantitative estimate of drug-likeness (QED) is 0.814. The molecule has 3 heteroatoms. The van der Waals surface area contributed by atoms with Crippen LogP contribution >= 0.6 is 0 Å². The van der Waals surface area contributed by atoms with Crippen LogP contribution in [0.1, 0.15) is 12.5 Å². The van der Waals surface area contributed by atoms with E-state index in [0.29, 0.717) is 17.8 Å². The second-order valence-corrected chi connectivity index (χ2v) is 3.85. The standard InChI is InChI=1S/C15H13FN2/c1-2-18(15-6-4-3-5-14(15)16)13-9-7-12(11-17)8-10-13/h3-10H,2H2,1H3.